The summed E-state index contributed by atoms with van der Waals surface area (Å²) in [5.41, 5.74) is 0. The minimum atomic E-state index is -1.62. The van der Waals surface area contributed by atoms with E-state index in [2.05, 4.69) is 47.8 Å². The van der Waals surface area contributed by atoms with Crippen LogP contribution in [0.15, 0.2) is 0 Å². The van der Waals surface area contributed by atoms with Gasteiger partial charge in [0.1, 0.15) is 3.23 Å². The lowest BCUT2D eigenvalue weighted by atomic mass is 10.3. The van der Waals surface area contributed by atoms with Gasteiger partial charge in [-0.2, -0.15) is 0 Å². The third-order valence-corrected chi connectivity index (χ3v) is 8.37. The number of rotatable bonds is 0. The van der Waals surface area contributed by atoms with Crippen LogP contribution in [0.2, 0.25) is 0 Å². The molecule has 0 aromatic carbocycles. The summed E-state index contributed by atoms with van der Waals surface area (Å²) in [6.07, 6.45) is 0.120. The van der Waals surface area contributed by atoms with Crippen LogP contribution < -0.4 is 0 Å². The number of ketones is 1. The van der Waals surface area contributed by atoms with Crippen LogP contribution in [-0.2, 0) is 4.79 Å². The summed E-state index contributed by atoms with van der Waals surface area (Å²) in [7, 11) is 0. The third kappa shape index (κ3) is 1.50. The number of Topliss-reactive ketones (excluding diaryl/α,β-unsaturated/α-hetero) is 1. The first-order valence-corrected chi connectivity index (χ1v) is 6.31. The van der Waals surface area contributed by atoms with E-state index in [1.165, 1.54) is 0 Å². The Balaban J connectivity index is 3.19. The first kappa shape index (κ1) is 12.1. The fourth-order valence-corrected chi connectivity index (χ4v) is 3.38. The lowest BCUT2D eigenvalue weighted by Crippen LogP contribution is -2.42. The third-order valence-electron chi connectivity index (χ3n) is 1.59. The van der Waals surface area contributed by atoms with Gasteiger partial charge in [0.2, 0.25) is 4.33 Å². The quantitative estimate of drug-likeness (QED) is 0.539. The molecule has 0 N–H and O–H groups in total. The lowest BCUT2D eigenvalue weighted by molar-refractivity contribution is -0.117. The average molecular weight is 424 g/mol. The first-order valence-electron chi connectivity index (χ1n) is 2.80. The number of hydrogen-bond acceptors (Lipinski definition) is 1. The Bertz CT molecular complexity index is 238. The Morgan fingerprint density at radius 2 is 1.58 bits per heavy atom. The average Bonchev–Trinajstić information content (AvgIpc) is 1.92. The number of carbonyl (C=O) groups excluding carboxylic acids is 1. The molecule has 1 atom stereocenters. The fraction of sp³-hybridized carbons (Fsp3) is 0.800. The molecule has 7 heteroatoms. The second-order valence-corrected chi connectivity index (χ2v) is 9.77. The summed E-state index contributed by atoms with van der Waals surface area (Å²) in [5, 5.41) is 0. The molecule has 0 aliphatic heterocycles. The van der Waals surface area contributed by atoms with Crippen molar-refractivity contribution < 1.29 is 4.79 Å². The Hall–Kier alpha value is 1.98. The second kappa shape index (κ2) is 3.24. The van der Waals surface area contributed by atoms with Crippen molar-refractivity contribution >= 4 is 88.4 Å². The summed E-state index contributed by atoms with van der Waals surface area (Å²) >= 11 is 27.1. The first-order chi connectivity index (χ1) is 5.13. The molecule has 0 amide bonds. The summed E-state index contributed by atoms with van der Waals surface area (Å²) in [4.78, 5) is 11.3. The fourth-order valence-electron chi connectivity index (χ4n) is 0.828. The highest BCUT2D eigenvalue weighted by molar-refractivity contribution is 9.26. The van der Waals surface area contributed by atoms with Crippen molar-refractivity contribution in [2.45, 2.75) is 17.8 Å². The molecule has 70 valence electrons. The highest BCUT2D eigenvalue weighted by Gasteiger charge is 2.69. The summed E-state index contributed by atoms with van der Waals surface area (Å²) in [6, 6.07) is 0. The zero-order valence-electron chi connectivity index (χ0n) is 5.38. The van der Waals surface area contributed by atoms with E-state index in [9.17, 15) is 4.79 Å². The molecule has 1 aliphatic rings. The maximum absolute atomic E-state index is 11.3. The highest BCUT2D eigenvalue weighted by atomic mass is 79.9. The van der Waals surface area contributed by atoms with Gasteiger partial charge in [0.25, 0.3) is 0 Å². The number of alkyl halides is 6. The van der Waals surface area contributed by atoms with Crippen molar-refractivity contribution in [1.82, 2.24) is 0 Å². The Morgan fingerprint density at radius 1 is 1.17 bits per heavy atom. The van der Waals surface area contributed by atoms with Crippen LogP contribution in [0.3, 0.4) is 0 Å². The van der Waals surface area contributed by atoms with Crippen LogP contribution in [0, 0.1) is 0 Å². The van der Waals surface area contributed by atoms with E-state index in [4.69, 9.17) is 34.8 Å². The van der Waals surface area contributed by atoms with Crippen LogP contribution in [0.25, 0.3) is 0 Å². The molecule has 1 unspecified atom stereocenters. The monoisotopic (exact) mass is 420 g/mol. The number of hydrogen-bond donors (Lipinski definition) is 0. The van der Waals surface area contributed by atoms with Gasteiger partial charge in [0.05, 0.1) is 0 Å². The summed E-state index contributed by atoms with van der Waals surface area (Å²) in [6.45, 7) is 0. The molecule has 12 heavy (non-hydrogen) atoms. The standard InChI is InChI=1S/C5H2Br3Cl3O/c6-3(7)1-2(12)4(9,10)5(3,8)11/h1H2. The Labute approximate surface area is 110 Å². The van der Waals surface area contributed by atoms with Crippen LogP contribution in [0.5, 0.6) is 0 Å². The van der Waals surface area contributed by atoms with Crippen LogP contribution in [0.1, 0.15) is 6.42 Å². The van der Waals surface area contributed by atoms with E-state index in [-0.39, 0.29) is 12.2 Å². The molecule has 0 spiro atoms. The van der Waals surface area contributed by atoms with Gasteiger partial charge in [0, 0.05) is 6.42 Å². The van der Waals surface area contributed by atoms with E-state index in [1.807, 2.05) is 0 Å². The molecule has 0 aromatic heterocycles. The SMILES string of the molecule is O=C1CC(Br)(Br)C(Cl)(Br)C1(Cl)Cl. The van der Waals surface area contributed by atoms with Gasteiger partial charge in [-0.25, -0.2) is 0 Å². The second-order valence-electron chi connectivity index (χ2n) is 2.45. The van der Waals surface area contributed by atoms with E-state index < -0.39 is 11.4 Å². The van der Waals surface area contributed by atoms with Crippen molar-refractivity contribution in [2.24, 2.45) is 0 Å². The Kier molecular flexibility index (Phi) is 3.25. The van der Waals surface area contributed by atoms with Crippen molar-refractivity contribution in [1.29, 1.82) is 0 Å². The minimum absolute atomic E-state index is 0.120. The summed E-state index contributed by atoms with van der Waals surface area (Å²) in [5.74, 6) is -0.327. The highest BCUT2D eigenvalue weighted by Crippen LogP contribution is 2.64. The molecule has 0 saturated heterocycles. The minimum Gasteiger partial charge on any atom is -0.296 e. The number of halogens is 6. The number of carbonyl (C=O) groups is 1. The molecule has 1 saturated carbocycles. The van der Waals surface area contributed by atoms with E-state index in [0.29, 0.717) is 0 Å². The maximum atomic E-state index is 11.3. The molecule has 0 radical (unpaired) electrons. The van der Waals surface area contributed by atoms with Gasteiger partial charge < -0.3 is 0 Å². The zero-order valence-corrected chi connectivity index (χ0v) is 12.4. The van der Waals surface area contributed by atoms with Crippen molar-refractivity contribution in [3.63, 3.8) is 0 Å². The lowest BCUT2D eigenvalue weighted by Gasteiger charge is -2.31. The van der Waals surface area contributed by atoms with Gasteiger partial charge >= 0.3 is 0 Å². The predicted molar refractivity (Wildman–Crippen MR) is 62.2 cm³/mol. The van der Waals surface area contributed by atoms with Crippen LogP contribution >= 0.6 is 82.6 Å². The van der Waals surface area contributed by atoms with Gasteiger partial charge in [-0.05, 0) is 0 Å². The van der Waals surface area contributed by atoms with Gasteiger partial charge in [-0.3, -0.25) is 4.79 Å². The molecule has 0 bridgehead atoms. The van der Waals surface area contributed by atoms with Crippen molar-refractivity contribution in [3.05, 3.63) is 0 Å². The van der Waals surface area contributed by atoms with Crippen molar-refractivity contribution in [3.8, 4) is 0 Å². The van der Waals surface area contributed by atoms with Gasteiger partial charge in [-0.1, -0.05) is 71.0 Å². The predicted octanol–water partition coefficient (Wildman–Crippen LogP) is 3.95. The molecule has 1 fully saturated rings. The largest absolute Gasteiger partial charge is 0.296 e. The molecule has 1 rings (SSSR count). The zero-order chi connectivity index (χ0) is 9.78. The van der Waals surface area contributed by atoms with Crippen molar-refractivity contribution in [2.75, 3.05) is 0 Å². The molecular weight excluding hydrogens is 422 g/mol. The molecule has 0 aromatic rings. The molecule has 0 heterocycles. The smallest absolute Gasteiger partial charge is 0.206 e. The van der Waals surface area contributed by atoms with Crippen LogP contribution in [0.4, 0.5) is 0 Å². The molecule has 1 nitrogen and oxygen atoms in total. The Morgan fingerprint density at radius 3 is 1.67 bits per heavy atom. The van der Waals surface area contributed by atoms with E-state index >= 15 is 0 Å². The summed E-state index contributed by atoms with van der Waals surface area (Å²) < 4.78 is -3.68. The van der Waals surface area contributed by atoms with E-state index in [0.717, 1.165) is 0 Å². The van der Waals surface area contributed by atoms with Gasteiger partial charge in [0.15, 0.2) is 9.57 Å². The maximum Gasteiger partial charge on any atom is 0.206 e. The van der Waals surface area contributed by atoms with E-state index in [1.54, 1.807) is 0 Å². The normalized spacial score (nSPS) is 38.7. The molecular formula is C5H2Br3Cl3O. The van der Waals surface area contributed by atoms with Crippen LogP contribution in [-0.4, -0.2) is 17.1 Å². The topological polar surface area (TPSA) is 17.1 Å². The van der Waals surface area contributed by atoms with Gasteiger partial charge in [-0.15, -0.1) is 11.6 Å². The molecule has 1 aliphatic carbocycles.